The van der Waals surface area contributed by atoms with Crippen LogP contribution in [0.3, 0.4) is 0 Å². The van der Waals surface area contributed by atoms with E-state index in [1.807, 2.05) is 6.07 Å². The first-order valence-electron chi connectivity index (χ1n) is 5.38. The second-order valence-electron chi connectivity index (χ2n) is 4.25. The highest BCUT2D eigenvalue weighted by atomic mass is 32.2. The molecular formula is C10H18N2O2S. The Kier molecular flexibility index (Phi) is 3.74. The summed E-state index contributed by atoms with van der Waals surface area (Å²) in [6.45, 7) is 4.27. The molecule has 0 heterocycles. The molecule has 5 heteroatoms. The maximum absolute atomic E-state index is 11.6. The van der Waals surface area contributed by atoms with Crippen LogP contribution in [0.25, 0.3) is 0 Å². The van der Waals surface area contributed by atoms with E-state index in [1.165, 1.54) is 0 Å². The minimum atomic E-state index is -3.44. The van der Waals surface area contributed by atoms with E-state index in [1.54, 1.807) is 6.92 Å². The quantitative estimate of drug-likeness (QED) is 0.749. The van der Waals surface area contributed by atoms with Crippen LogP contribution >= 0.6 is 0 Å². The van der Waals surface area contributed by atoms with Crippen molar-refractivity contribution in [1.82, 2.24) is 4.72 Å². The molecule has 1 atom stereocenters. The average molecular weight is 230 g/mol. The van der Waals surface area contributed by atoms with Gasteiger partial charge in [0.05, 0.1) is 6.07 Å². The number of hydrogen-bond acceptors (Lipinski definition) is 3. The van der Waals surface area contributed by atoms with Gasteiger partial charge in [-0.15, -0.1) is 0 Å². The van der Waals surface area contributed by atoms with E-state index in [9.17, 15) is 8.42 Å². The van der Waals surface area contributed by atoms with Crippen molar-refractivity contribution in [2.24, 2.45) is 5.41 Å². The Morgan fingerprint density at radius 2 is 2.07 bits per heavy atom. The Bertz CT molecular complexity index is 352. The fourth-order valence-corrected chi connectivity index (χ4v) is 2.85. The molecule has 15 heavy (non-hydrogen) atoms. The standard InChI is InChI=1S/C10H18N2O2S/c1-3-9(7-11)15(13,14)12-8-10(4-2)5-6-10/h9,12H,3-6,8H2,1-2H3. The van der Waals surface area contributed by atoms with Crippen LogP contribution in [0, 0.1) is 16.7 Å². The van der Waals surface area contributed by atoms with Crippen LogP contribution in [0.5, 0.6) is 0 Å². The van der Waals surface area contributed by atoms with Gasteiger partial charge < -0.3 is 0 Å². The summed E-state index contributed by atoms with van der Waals surface area (Å²) in [5.41, 5.74) is 0.181. The van der Waals surface area contributed by atoms with Crippen molar-refractivity contribution in [2.75, 3.05) is 6.54 Å². The molecule has 1 N–H and O–H groups in total. The largest absolute Gasteiger partial charge is 0.227 e. The monoisotopic (exact) mass is 230 g/mol. The zero-order valence-corrected chi connectivity index (χ0v) is 10.1. The molecule has 1 aliphatic carbocycles. The number of nitrogens with one attached hydrogen (secondary N) is 1. The summed E-state index contributed by atoms with van der Waals surface area (Å²) in [7, 11) is -3.44. The Morgan fingerprint density at radius 1 is 1.47 bits per heavy atom. The Balaban J connectivity index is 2.54. The van der Waals surface area contributed by atoms with E-state index in [-0.39, 0.29) is 5.41 Å². The molecule has 0 radical (unpaired) electrons. The van der Waals surface area contributed by atoms with Crippen LogP contribution in [0.2, 0.25) is 0 Å². The van der Waals surface area contributed by atoms with E-state index < -0.39 is 15.3 Å². The number of sulfonamides is 1. The van der Waals surface area contributed by atoms with Crippen LogP contribution in [0.15, 0.2) is 0 Å². The fourth-order valence-electron chi connectivity index (χ4n) is 1.57. The maximum atomic E-state index is 11.6. The molecule has 1 fully saturated rings. The molecule has 0 saturated heterocycles. The maximum Gasteiger partial charge on any atom is 0.227 e. The van der Waals surface area contributed by atoms with Crippen LogP contribution in [-0.4, -0.2) is 20.2 Å². The first-order valence-corrected chi connectivity index (χ1v) is 6.92. The van der Waals surface area contributed by atoms with Gasteiger partial charge in [0, 0.05) is 6.54 Å². The molecule has 86 valence electrons. The molecule has 4 nitrogen and oxygen atoms in total. The molecule has 0 spiro atoms. The van der Waals surface area contributed by atoms with Crippen LogP contribution in [0.4, 0.5) is 0 Å². The summed E-state index contributed by atoms with van der Waals surface area (Å²) in [5, 5.41) is 7.78. The second-order valence-corrected chi connectivity index (χ2v) is 6.19. The van der Waals surface area contributed by atoms with Crippen molar-refractivity contribution in [1.29, 1.82) is 5.26 Å². The van der Waals surface area contributed by atoms with Crippen molar-refractivity contribution in [3.8, 4) is 6.07 Å². The Labute approximate surface area is 91.7 Å². The highest BCUT2D eigenvalue weighted by Gasteiger charge is 2.41. The molecule has 0 bridgehead atoms. The number of hydrogen-bond donors (Lipinski definition) is 1. The highest BCUT2D eigenvalue weighted by Crippen LogP contribution is 2.47. The van der Waals surface area contributed by atoms with Gasteiger partial charge in [-0.25, -0.2) is 13.1 Å². The van der Waals surface area contributed by atoms with Gasteiger partial charge in [0.25, 0.3) is 0 Å². The van der Waals surface area contributed by atoms with E-state index >= 15 is 0 Å². The van der Waals surface area contributed by atoms with Crippen LogP contribution in [-0.2, 0) is 10.0 Å². The minimum absolute atomic E-state index is 0.181. The first kappa shape index (κ1) is 12.5. The summed E-state index contributed by atoms with van der Waals surface area (Å²) in [6.07, 6.45) is 3.52. The van der Waals surface area contributed by atoms with Gasteiger partial charge in [0.1, 0.15) is 0 Å². The van der Waals surface area contributed by atoms with Gasteiger partial charge in [-0.2, -0.15) is 5.26 Å². The van der Waals surface area contributed by atoms with Gasteiger partial charge in [-0.05, 0) is 31.1 Å². The summed E-state index contributed by atoms with van der Waals surface area (Å²) >= 11 is 0. The molecule has 0 aromatic heterocycles. The minimum Gasteiger partial charge on any atom is -0.214 e. The van der Waals surface area contributed by atoms with Crippen molar-refractivity contribution >= 4 is 10.0 Å². The molecule has 1 unspecified atom stereocenters. The lowest BCUT2D eigenvalue weighted by Crippen LogP contribution is -2.36. The highest BCUT2D eigenvalue weighted by molar-refractivity contribution is 7.90. The van der Waals surface area contributed by atoms with Crippen molar-refractivity contribution in [2.45, 2.75) is 44.8 Å². The zero-order valence-electron chi connectivity index (χ0n) is 9.28. The van der Waals surface area contributed by atoms with E-state index in [2.05, 4.69) is 11.6 Å². The third-order valence-electron chi connectivity index (χ3n) is 3.24. The summed E-state index contributed by atoms with van der Waals surface area (Å²) in [6, 6.07) is 1.82. The molecule has 0 aromatic rings. The topological polar surface area (TPSA) is 70.0 Å². The van der Waals surface area contributed by atoms with Crippen molar-refractivity contribution < 1.29 is 8.42 Å². The van der Waals surface area contributed by atoms with Gasteiger partial charge in [0.15, 0.2) is 5.25 Å². The average Bonchev–Trinajstić information content (AvgIpc) is 2.97. The van der Waals surface area contributed by atoms with Gasteiger partial charge in [-0.3, -0.25) is 0 Å². The van der Waals surface area contributed by atoms with E-state index in [4.69, 9.17) is 5.26 Å². The SMILES string of the molecule is CCC(C#N)S(=O)(=O)NCC1(CC)CC1. The zero-order chi connectivity index (χ0) is 11.5. The predicted octanol–water partition coefficient (Wildman–Crippen LogP) is 1.40. The van der Waals surface area contributed by atoms with Crippen LogP contribution < -0.4 is 4.72 Å². The lowest BCUT2D eigenvalue weighted by Gasteiger charge is -2.15. The summed E-state index contributed by atoms with van der Waals surface area (Å²) < 4.78 is 25.9. The lowest BCUT2D eigenvalue weighted by atomic mass is 10.1. The summed E-state index contributed by atoms with van der Waals surface area (Å²) in [5.74, 6) is 0. The third-order valence-corrected chi connectivity index (χ3v) is 4.98. The van der Waals surface area contributed by atoms with Gasteiger partial charge in [0.2, 0.25) is 10.0 Å². The Morgan fingerprint density at radius 3 is 2.40 bits per heavy atom. The fraction of sp³-hybridized carbons (Fsp3) is 0.900. The van der Waals surface area contributed by atoms with E-state index in [0.717, 1.165) is 19.3 Å². The van der Waals surface area contributed by atoms with Crippen LogP contribution in [0.1, 0.15) is 39.5 Å². The Hall–Kier alpha value is -0.600. The van der Waals surface area contributed by atoms with Gasteiger partial charge >= 0.3 is 0 Å². The number of rotatable bonds is 6. The van der Waals surface area contributed by atoms with Crippen molar-refractivity contribution in [3.05, 3.63) is 0 Å². The molecule has 0 amide bonds. The smallest absolute Gasteiger partial charge is 0.214 e. The first-order chi connectivity index (χ1) is 6.99. The normalized spacial score (nSPS) is 20.6. The predicted molar refractivity (Wildman–Crippen MR) is 58.6 cm³/mol. The molecule has 0 aromatic carbocycles. The lowest BCUT2D eigenvalue weighted by molar-refractivity contribution is 0.474. The number of nitriles is 1. The van der Waals surface area contributed by atoms with Crippen molar-refractivity contribution in [3.63, 3.8) is 0 Å². The third kappa shape index (κ3) is 2.93. The molecule has 0 aliphatic heterocycles. The molecule has 1 aliphatic rings. The second kappa shape index (κ2) is 4.50. The molecule has 1 rings (SSSR count). The van der Waals surface area contributed by atoms with E-state index in [0.29, 0.717) is 13.0 Å². The number of nitrogens with zero attached hydrogens (tertiary/aromatic N) is 1. The molecular weight excluding hydrogens is 212 g/mol. The molecule has 1 saturated carbocycles. The summed E-state index contributed by atoms with van der Waals surface area (Å²) in [4.78, 5) is 0. The van der Waals surface area contributed by atoms with Gasteiger partial charge in [-0.1, -0.05) is 13.8 Å².